The third-order valence-electron chi connectivity index (χ3n) is 5.30. The molecule has 178 valence electrons. The molecule has 0 aromatic heterocycles. The highest BCUT2D eigenvalue weighted by Gasteiger charge is 2.20. The monoisotopic (exact) mass is 566 g/mol. The van der Waals surface area contributed by atoms with Crippen LogP contribution < -0.4 is 26.0 Å². The van der Waals surface area contributed by atoms with Crippen LogP contribution >= 0.6 is 24.0 Å². The van der Waals surface area contributed by atoms with Crippen molar-refractivity contribution in [2.75, 3.05) is 51.8 Å². The molecular formula is C23H31IN6O3. The molecule has 9 nitrogen and oxygen atoms in total. The van der Waals surface area contributed by atoms with Gasteiger partial charge in [0.1, 0.15) is 5.75 Å². The van der Waals surface area contributed by atoms with Gasteiger partial charge < -0.3 is 30.9 Å². The minimum Gasteiger partial charge on any atom is -0.497 e. The number of halogens is 1. The van der Waals surface area contributed by atoms with Gasteiger partial charge in [0, 0.05) is 57.1 Å². The van der Waals surface area contributed by atoms with Crippen LogP contribution in [0.25, 0.3) is 0 Å². The average Bonchev–Trinajstić information content (AvgIpc) is 2.83. The predicted molar refractivity (Wildman–Crippen MR) is 140 cm³/mol. The first-order valence-corrected chi connectivity index (χ1v) is 10.5. The molecule has 10 heteroatoms. The molecule has 0 bridgehead atoms. The lowest BCUT2D eigenvalue weighted by Gasteiger charge is -2.37. The summed E-state index contributed by atoms with van der Waals surface area (Å²) in [5.74, 6) is 0.806. The summed E-state index contributed by atoms with van der Waals surface area (Å²) in [6, 6.07) is 15.3. The lowest BCUT2D eigenvalue weighted by atomic mass is 10.1. The molecule has 0 radical (unpaired) electrons. The van der Waals surface area contributed by atoms with E-state index in [0.717, 1.165) is 49.1 Å². The van der Waals surface area contributed by atoms with Crippen LogP contribution in [0.3, 0.4) is 0 Å². The first-order chi connectivity index (χ1) is 15.5. The van der Waals surface area contributed by atoms with E-state index in [0.29, 0.717) is 12.1 Å². The summed E-state index contributed by atoms with van der Waals surface area (Å²) in [6.07, 6.45) is 0. The average molecular weight is 566 g/mol. The molecule has 1 aliphatic heterocycles. The number of nitrogens with one attached hydrogen (secondary N) is 2. The van der Waals surface area contributed by atoms with Crippen LogP contribution in [0.5, 0.6) is 5.75 Å². The molecular weight excluding hydrogens is 535 g/mol. The molecule has 33 heavy (non-hydrogen) atoms. The summed E-state index contributed by atoms with van der Waals surface area (Å²) in [7, 11) is 3.46. The number of hydrogen-bond donors (Lipinski definition) is 3. The highest BCUT2D eigenvalue weighted by atomic mass is 127. The van der Waals surface area contributed by atoms with Gasteiger partial charge in [-0.15, -0.1) is 24.0 Å². The summed E-state index contributed by atoms with van der Waals surface area (Å²) in [4.78, 5) is 31.8. The molecule has 1 saturated heterocycles. The van der Waals surface area contributed by atoms with Gasteiger partial charge in [-0.1, -0.05) is 18.2 Å². The van der Waals surface area contributed by atoms with Crippen LogP contribution in [0.1, 0.15) is 15.9 Å². The molecule has 0 spiro atoms. The molecule has 1 heterocycles. The fraction of sp³-hybridized carbons (Fsp3) is 0.348. The molecule has 2 aromatic carbocycles. The highest BCUT2D eigenvalue weighted by Crippen LogP contribution is 2.22. The normalized spacial score (nSPS) is 13.7. The number of piperazine rings is 1. The van der Waals surface area contributed by atoms with Crippen molar-refractivity contribution in [1.29, 1.82) is 0 Å². The Balaban J connectivity index is 0.00000385. The Hall–Kier alpha value is -3.02. The van der Waals surface area contributed by atoms with Crippen LogP contribution in [0.4, 0.5) is 5.69 Å². The van der Waals surface area contributed by atoms with E-state index in [4.69, 9.17) is 10.5 Å². The number of anilines is 1. The Morgan fingerprint density at radius 3 is 2.36 bits per heavy atom. The number of carbonyl (C=O) groups is 2. The third-order valence-corrected chi connectivity index (χ3v) is 5.30. The lowest BCUT2D eigenvalue weighted by molar-refractivity contribution is -0.117. The summed E-state index contributed by atoms with van der Waals surface area (Å²) in [5.41, 5.74) is 7.71. The van der Waals surface area contributed by atoms with Crippen molar-refractivity contribution in [3.8, 4) is 5.75 Å². The van der Waals surface area contributed by atoms with E-state index in [2.05, 4.69) is 37.6 Å². The number of rotatable bonds is 7. The molecule has 2 aromatic rings. The zero-order chi connectivity index (χ0) is 22.9. The number of ether oxygens (including phenoxy) is 1. The highest BCUT2D eigenvalue weighted by molar-refractivity contribution is 14.0. The van der Waals surface area contributed by atoms with Crippen molar-refractivity contribution < 1.29 is 14.3 Å². The van der Waals surface area contributed by atoms with Gasteiger partial charge in [-0.3, -0.25) is 14.6 Å². The summed E-state index contributed by atoms with van der Waals surface area (Å²) in [6.45, 7) is 3.91. The molecule has 0 saturated carbocycles. The number of guanidine groups is 1. The van der Waals surface area contributed by atoms with Gasteiger partial charge in [-0.25, -0.2) is 0 Å². The van der Waals surface area contributed by atoms with E-state index in [-0.39, 0.29) is 36.4 Å². The number of benzene rings is 2. The Morgan fingerprint density at radius 1 is 1.06 bits per heavy atom. The molecule has 2 amide bonds. The van der Waals surface area contributed by atoms with Crippen molar-refractivity contribution in [2.45, 2.75) is 6.54 Å². The second-order valence-electron chi connectivity index (χ2n) is 7.42. The van der Waals surface area contributed by atoms with Gasteiger partial charge in [0.15, 0.2) is 5.96 Å². The van der Waals surface area contributed by atoms with E-state index in [9.17, 15) is 9.59 Å². The third kappa shape index (κ3) is 7.52. The van der Waals surface area contributed by atoms with E-state index in [1.165, 1.54) is 0 Å². The fourth-order valence-corrected chi connectivity index (χ4v) is 3.54. The summed E-state index contributed by atoms with van der Waals surface area (Å²) in [5, 5.41) is 5.87. The maximum atomic E-state index is 12.0. The Labute approximate surface area is 211 Å². The van der Waals surface area contributed by atoms with Gasteiger partial charge in [0.2, 0.25) is 5.91 Å². The smallest absolute Gasteiger partial charge is 0.251 e. The van der Waals surface area contributed by atoms with E-state index >= 15 is 0 Å². The lowest BCUT2D eigenvalue weighted by Crippen LogP contribution is -2.52. The topological polar surface area (TPSA) is 112 Å². The van der Waals surface area contributed by atoms with Crippen LogP contribution in [0, 0.1) is 0 Å². The quantitative estimate of drug-likeness (QED) is 0.266. The second-order valence-corrected chi connectivity index (χ2v) is 7.42. The number of amides is 2. The van der Waals surface area contributed by atoms with Gasteiger partial charge >= 0.3 is 0 Å². The van der Waals surface area contributed by atoms with Gasteiger partial charge in [0.25, 0.3) is 5.91 Å². The summed E-state index contributed by atoms with van der Waals surface area (Å²) < 4.78 is 5.33. The van der Waals surface area contributed by atoms with Crippen LogP contribution in [0.15, 0.2) is 53.5 Å². The molecule has 1 aliphatic rings. The fourth-order valence-electron chi connectivity index (χ4n) is 3.54. The maximum absolute atomic E-state index is 12.0. The Kier molecular flexibility index (Phi) is 10.2. The van der Waals surface area contributed by atoms with Crippen LogP contribution in [-0.4, -0.2) is 69.6 Å². The van der Waals surface area contributed by atoms with Gasteiger partial charge in [-0.2, -0.15) is 0 Å². The molecule has 3 rings (SSSR count). The predicted octanol–water partition coefficient (Wildman–Crippen LogP) is 1.43. The number of nitrogens with two attached hydrogens (primary N) is 1. The maximum Gasteiger partial charge on any atom is 0.251 e. The molecule has 0 aliphatic carbocycles. The first kappa shape index (κ1) is 26.2. The second kappa shape index (κ2) is 12.9. The standard InChI is InChI=1S/C23H30N6O3.HI/c1-25-23(27-15-17-6-8-18(9-7-17)22(31)26-16-21(24)30)29-12-10-28(11-13-29)19-4-3-5-20(14-19)32-2;/h3-9,14H,10-13,15-16H2,1-2H3,(H2,24,30)(H,25,27)(H,26,31);1H. The molecule has 0 unspecified atom stereocenters. The zero-order valence-corrected chi connectivity index (χ0v) is 21.2. The summed E-state index contributed by atoms with van der Waals surface area (Å²) >= 11 is 0. The number of nitrogens with zero attached hydrogens (tertiary/aromatic N) is 3. The first-order valence-electron chi connectivity index (χ1n) is 10.5. The van der Waals surface area contributed by atoms with Crippen LogP contribution in [-0.2, 0) is 11.3 Å². The Bertz CT molecular complexity index is 959. The van der Waals surface area contributed by atoms with E-state index < -0.39 is 5.91 Å². The van der Waals surface area contributed by atoms with Crippen molar-refractivity contribution in [1.82, 2.24) is 15.5 Å². The molecule has 1 fully saturated rings. The number of aliphatic imine (C=N–C) groups is 1. The van der Waals surface area contributed by atoms with Crippen molar-refractivity contribution in [3.05, 3.63) is 59.7 Å². The minimum absolute atomic E-state index is 0. The molecule has 0 atom stereocenters. The number of primary amides is 1. The van der Waals surface area contributed by atoms with Crippen molar-refractivity contribution in [3.63, 3.8) is 0 Å². The SMILES string of the molecule is CN=C(NCc1ccc(C(=O)NCC(N)=O)cc1)N1CCN(c2cccc(OC)c2)CC1.I. The number of carbonyl (C=O) groups excluding carboxylic acids is 2. The Morgan fingerprint density at radius 2 is 1.76 bits per heavy atom. The van der Waals surface area contributed by atoms with E-state index in [1.807, 2.05) is 24.3 Å². The number of hydrogen-bond acceptors (Lipinski definition) is 5. The minimum atomic E-state index is -0.574. The van der Waals surface area contributed by atoms with Crippen LogP contribution in [0.2, 0.25) is 0 Å². The largest absolute Gasteiger partial charge is 0.497 e. The van der Waals surface area contributed by atoms with Crippen molar-refractivity contribution >= 4 is 47.4 Å². The van der Waals surface area contributed by atoms with Gasteiger partial charge in [-0.05, 0) is 29.8 Å². The number of methoxy groups -OCH3 is 1. The van der Waals surface area contributed by atoms with Gasteiger partial charge in [0.05, 0.1) is 13.7 Å². The van der Waals surface area contributed by atoms with E-state index in [1.54, 1.807) is 26.3 Å². The zero-order valence-electron chi connectivity index (χ0n) is 18.9. The molecule has 4 N–H and O–H groups in total. The van der Waals surface area contributed by atoms with Crippen molar-refractivity contribution in [2.24, 2.45) is 10.7 Å².